The number of anilines is 1. The van der Waals surface area contributed by atoms with Crippen molar-refractivity contribution in [1.82, 2.24) is 14.1 Å². The molecule has 0 aliphatic carbocycles. The number of aryl methyl sites for hydroxylation is 1. The third kappa shape index (κ3) is 2.68. The van der Waals surface area contributed by atoms with Gasteiger partial charge in [-0.3, -0.25) is 4.68 Å². The summed E-state index contributed by atoms with van der Waals surface area (Å²) in [6, 6.07) is 0. The van der Waals surface area contributed by atoms with Crippen LogP contribution in [0.3, 0.4) is 0 Å². The summed E-state index contributed by atoms with van der Waals surface area (Å²) in [5.74, 6) is 0.0179. The number of nitrogens with zero attached hydrogens (tertiary/aromatic N) is 3. The Bertz CT molecular complexity index is 576. The van der Waals surface area contributed by atoms with Gasteiger partial charge in [0.1, 0.15) is 4.90 Å². The molecule has 0 saturated carbocycles. The van der Waals surface area contributed by atoms with Crippen molar-refractivity contribution in [3.05, 3.63) is 6.20 Å². The second kappa shape index (κ2) is 5.34. The average molecular weight is 302 g/mol. The monoisotopic (exact) mass is 302 g/mol. The van der Waals surface area contributed by atoms with Gasteiger partial charge in [-0.05, 0) is 12.8 Å². The highest BCUT2D eigenvalue weighted by Gasteiger charge is 2.47. The first-order valence-electron chi connectivity index (χ1n) is 6.88. The number of nitrogens with two attached hydrogens (primary N) is 1. The van der Waals surface area contributed by atoms with E-state index < -0.39 is 15.6 Å². The fraction of sp³-hybridized carbons (Fsp3) is 0.750. The molecule has 8 heteroatoms. The van der Waals surface area contributed by atoms with Crippen LogP contribution in [0.2, 0.25) is 0 Å². The fourth-order valence-electron chi connectivity index (χ4n) is 2.50. The zero-order valence-corrected chi connectivity index (χ0v) is 12.7. The summed E-state index contributed by atoms with van der Waals surface area (Å²) in [5, 5.41) is 14.1. The molecular weight excluding hydrogens is 280 g/mol. The molecule has 2 heterocycles. The standard InChI is InChI=1S/C12H22N4O3S/c1-3-5-12(17)8-16(9-12)20(18,19)10-7-15(6-4-2)14-11(10)13/h7,17H,3-6,8-9H2,1-2H3,(H2,13,14). The zero-order chi connectivity index (χ0) is 15.0. The van der Waals surface area contributed by atoms with Gasteiger partial charge in [0.25, 0.3) is 0 Å². The van der Waals surface area contributed by atoms with E-state index in [4.69, 9.17) is 5.73 Å². The Labute approximate surface area is 119 Å². The maximum atomic E-state index is 12.4. The predicted molar refractivity (Wildman–Crippen MR) is 75.5 cm³/mol. The van der Waals surface area contributed by atoms with Gasteiger partial charge in [-0.25, -0.2) is 8.42 Å². The summed E-state index contributed by atoms with van der Waals surface area (Å²) in [4.78, 5) is 0.0319. The summed E-state index contributed by atoms with van der Waals surface area (Å²) in [6.07, 6.45) is 3.73. The van der Waals surface area contributed by atoms with E-state index in [1.165, 1.54) is 10.5 Å². The average Bonchev–Trinajstić information content (AvgIpc) is 2.68. The van der Waals surface area contributed by atoms with Crippen LogP contribution in [-0.2, 0) is 16.6 Å². The van der Waals surface area contributed by atoms with Gasteiger partial charge in [0.05, 0.1) is 5.60 Å². The quantitative estimate of drug-likeness (QED) is 0.792. The second-order valence-electron chi connectivity index (χ2n) is 5.39. The molecule has 1 fully saturated rings. The Balaban J connectivity index is 2.16. The van der Waals surface area contributed by atoms with Crippen LogP contribution in [0.1, 0.15) is 33.1 Å². The number of rotatable bonds is 6. The molecule has 3 N–H and O–H groups in total. The van der Waals surface area contributed by atoms with Crippen molar-refractivity contribution in [3.63, 3.8) is 0 Å². The predicted octanol–water partition coefficient (Wildman–Crippen LogP) is 0.411. The van der Waals surface area contributed by atoms with Crippen LogP contribution >= 0.6 is 0 Å². The maximum absolute atomic E-state index is 12.4. The summed E-state index contributed by atoms with van der Waals surface area (Å²) < 4.78 is 27.7. The fourth-order valence-corrected chi connectivity index (χ4v) is 4.16. The van der Waals surface area contributed by atoms with Crippen LogP contribution in [0.4, 0.5) is 5.82 Å². The molecule has 0 spiro atoms. The molecule has 0 atom stereocenters. The van der Waals surface area contributed by atoms with Gasteiger partial charge in [0, 0.05) is 25.8 Å². The third-order valence-corrected chi connectivity index (χ3v) is 5.29. The van der Waals surface area contributed by atoms with Crippen molar-refractivity contribution in [2.24, 2.45) is 0 Å². The second-order valence-corrected chi connectivity index (χ2v) is 7.30. The highest BCUT2D eigenvalue weighted by Crippen LogP contribution is 2.32. The minimum atomic E-state index is -3.65. The first-order chi connectivity index (χ1) is 9.32. The van der Waals surface area contributed by atoms with Gasteiger partial charge in [-0.2, -0.15) is 9.40 Å². The van der Waals surface area contributed by atoms with Crippen LogP contribution in [0.25, 0.3) is 0 Å². The number of β-amino-alcohol motifs (C(OH)–C–C–N with tert-alkyl or cyclic N) is 1. The van der Waals surface area contributed by atoms with Crippen LogP contribution in [0.5, 0.6) is 0 Å². The molecule has 1 aromatic heterocycles. The minimum absolute atomic E-state index is 0.0179. The highest BCUT2D eigenvalue weighted by molar-refractivity contribution is 7.89. The smallest absolute Gasteiger partial charge is 0.248 e. The molecule has 1 saturated heterocycles. The molecule has 1 aliphatic heterocycles. The molecule has 114 valence electrons. The van der Waals surface area contributed by atoms with Crippen molar-refractivity contribution in [2.75, 3.05) is 18.8 Å². The van der Waals surface area contributed by atoms with Gasteiger partial charge >= 0.3 is 0 Å². The van der Waals surface area contributed by atoms with E-state index in [0.717, 1.165) is 12.8 Å². The third-order valence-electron chi connectivity index (χ3n) is 3.48. The number of hydrogen-bond donors (Lipinski definition) is 2. The van der Waals surface area contributed by atoms with Crippen LogP contribution in [-0.4, -0.2) is 46.3 Å². The SMILES string of the molecule is CCCn1cc(S(=O)(=O)N2CC(O)(CCC)C2)c(N)n1. The van der Waals surface area contributed by atoms with Crippen molar-refractivity contribution in [1.29, 1.82) is 0 Å². The number of aliphatic hydroxyl groups is 1. The van der Waals surface area contributed by atoms with Gasteiger partial charge < -0.3 is 10.8 Å². The lowest BCUT2D eigenvalue weighted by molar-refractivity contribution is -0.0653. The lowest BCUT2D eigenvalue weighted by Gasteiger charge is -2.45. The van der Waals surface area contributed by atoms with E-state index in [-0.39, 0.29) is 23.8 Å². The molecule has 0 amide bonds. The lowest BCUT2D eigenvalue weighted by Crippen LogP contribution is -2.63. The number of hydrogen-bond acceptors (Lipinski definition) is 5. The van der Waals surface area contributed by atoms with Crippen LogP contribution < -0.4 is 5.73 Å². The van der Waals surface area contributed by atoms with Crippen molar-refractivity contribution >= 4 is 15.8 Å². The molecule has 1 aromatic rings. The van der Waals surface area contributed by atoms with Crippen molar-refractivity contribution < 1.29 is 13.5 Å². The lowest BCUT2D eigenvalue weighted by atomic mass is 9.92. The van der Waals surface area contributed by atoms with Gasteiger partial charge in [0.15, 0.2) is 5.82 Å². The van der Waals surface area contributed by atoms with Crippen LogP contribution in [0, 0.1) is 0 Å². The van der Waals surface area contributed by atoms with Gasteiger partial charge in [0.2, 0.25) is 10.0 Å². The van der Waals surface area contributed by atoms with E-state index in [9.17, 15) is 13.5 Å². The Morgan fingerprint density at radius 1 is 1.40 bits per heavy atom. The van der Waals surface area contributed by atoms with E-state index >= 15 is 0 Å². The molecular formula is C12H22N4O3S. The first-order valence-corrected chi connectivity index (χ1v) is 8.32. The normalized spacial score (nSPS) is 18.9. The summed E-state index contributed by atoms with van der Waals surface area (Å²) in [5.41, 5.74) is 4.81. The zero-order valence-electron chi connectivity index (χ0n) is 11.9. The van der Waals surface area contributed by atoms with Crippen LogP contribution in [0.15, 0.2) is 11.1 Å². The van der Waals surface area contributed by atoms with Gasteiger partial charge in [-0.15, -0.1) is 0 Å². The molecule has 0 radical (unpaired) electrons. The van der Waals surface area contributed by atoms with E-state index in [1.807, 2.05) is 13.8 Å². The van der Waals surface area contributed by atoms with Gasteiger partial charge in [-0.1, -0.05) is 20.3 Å². The molecule has 20 heavy (non-hydrogen) atoms. The topological polar surface area (TPSA) is 101 Å². The molecule has 7 nitrogen and oxygen atoms in total. The molecule has 1 aliphatic rings. The van der Waals surface area contributed by atoms with Crippen molar-refractivity contribution in [3.8, 4) is 0 Å². The number of sulfonamides is 1. The van der Waals surface area contributed by atoms with E-state index in [0.29, 0.717) is 13.0 Å². The number of nitrogen functional groups attached to an aromatic ring is 1. The highest BCUT2D eigenvalue weighted by atomic mass is 32.2. The first kappa shape index (κ1) is 15.3. The Hall–Kier alpha value is -1.12. The summed E-state index contributed by atoms with van der Waals surface area (Å²) >= 11 is 0. The summed E-state index contributed by atoms with van der Waals surface area (Å²) in [6.45, 7) is 4.82. The van der Waals surface area contributed by atoms with E-state index in [1.54, 1.807) is 4.68 Å². The number of aromatic nitrogens is 2. The molecule has 0 aromatic carbocycles. The minimum Gasteiger partial charge on any atom is -0.387 e. The van der Waals surface area contributed by atoms with Crippen molar-refractivity contribution in [2.45, 2.75) is 50.2 Å². The Morgan fingerprint density at radius 3 is 2.60 bits per heavy atom. The largest absolute Gasteiger partial charge is 0.387 e. The molecule has 0 unspecified atom stereocenters. The van der Waals surface area contributed by atoms with E-state index in [2.05, 4.69) is 5.10 Å². The Morgan fingerprint density at radius 2 is 2.05 bits per heavy atom. The molecule has 0 bridgehead atoms. The Kier molecular flexibility index (Phi) is 4.08. The summed E-state index contributed by atoms with van der Waals surface area (Å²) in [7, 11) is -3.65. The maximum Gasteiger partial charge on any atom is 0.248 e. The molecule has 2 rings (SSSR count).